The SMILES string of the molecule is CC(=O)N[C@@H](C)CO[C@H]1CC[C@H](OCc2cccc(OCC3CC3)c2)CC1. The summed E-state index contributed by atoms with van der Waals surface area (Å²) in [6.07, 6.45) is 7.27. The van der Waals surface area contributed by atoms with Crippen LogP contribution in [0, 0.1) is 5.92 Å². The van der Waals surface area contributed by atoms with E-state index in [-0.39, 0.29) is 18.1 Å². The molecule has 27 heavy (non-hydrogen) atoms. The largest absolute Gasteiger partial charge is 0.493 e. The molecule has 0 unspecified atom stereocenters. The van der Waals surface area contributed by atoms with E-state index in [4.69, 9.17) is 14.2 Å². The Morgan fingerprint density at radius 3 is 2.48 bits per heavy atom. The van der Waals surface area contributed by atoms with E-state index in [0.29, 0.717) is 19.3 Å². The van der Waals surface area contributed by atoms with Gasteiger partial charge in [0.2, 0.25) is 5.91 Å². The second-order valence-electron chi connectivity index (χ2n) is 8.05. The van der Waals surface area contributed by atoms with Gasteiger partial charge in [-0.15, -0.1) is 0 Å². The van der Waals surface area contributed by atoms with E-state index in [1.165, 1.54) is 25.3 Å². The van der Waals surface area contributed by atoms with Crippen LogP contribution >= 0.6 is 0 Å². The van der Waals surface area contributed by atoms with Crippen LogP contribution < -0.4 is 10.1 Å². The van der Waals surface area contributed by atoms with Gasteiger partial charge >= 0.3 is 0 Å². The molecular weight excluding hydrogens is 342 g/mol. The van der Waals surface area contributed by atoms with E-state index in [9.17, 15) is 4.79 Å². The van der Waals surface area contributed by atoms with E-state index >= 15 is 0 Å². The number of hydrogen-bond acceptors (Lipinski definition) is 4. The molecular formula is C22H33NO4. The highest BCUT2D eigenvalue weighted by molar-refractivity contribution is 5.73. The highest BCUT2D eigenvalue weighted by Crippen LogP contribution is 2.30. The average molecular weight is 376 g/mol. The molecule has 5 heteroatoms. The van der Waals surface area contributed by atoms with Gasteiger partial charge in [0.1, 0.15) is 5.75 Å². The summed E-state index contributed by atoms with van der Waals surface area (Å²) in [5.74, 6) is 1.71. The smallest absolute Gasteiger partial charge is 0.217 e. The minimum absolute atomic E-state index is 0.00906. The van der Waals surface area contributed by atoms with Gasteiger partial charge in [-0.05, 0) is 69.1 Å². The van der Waals surface area contributed by atoms with Gasteiger partial charge in [0.05, 0.1) is 32.0 Å². The highest BCUT2D eigenvalue weighted by Gasteiger charge is 2.23. The molecule has 1 atom stereocenters. The van der Waals surface area contributed by atoms with Gasteiger partial charge in [0.25, 0.3) is 0 Å². The van der Waals surface area contributed by atoms with E-state index in [2.05, 4.69) is 17.4 Å². The lowest BCUT2D eigenvalue weighted by molar-refractivity contribution is -0.120. The molecule has 1 aromatic rings. The van der Waals surface area contributed by atoms with Crippen LogP contribution in [0.25, 0.3) is 0 Å². The first-order chi connectivity index (χ1) is 13.1. The molecule has 1 amide bonds. The molecule has 1 N–H and O–H groups in total. The highest BCUT2D eigenvalue weighted by atomic mass is 16.5. The minimum atomic E-state index is -0.00906. The number of rotatable bonds is 10. The van der Waals surface area contributed by atoms with Crippen molar-refractivity contribution in [2.24, 2.45) is 5.92 Å². The summed E-state index contributed by atoms with van der Waals surface area (Å²) < 4.78 is 17.9. The molecule has 150 valence electrons. The molecule has 0 saturated heterocycles. The number of carbonyl (C=O) groups is 1. The molecule has 5 nitrogen and oxygen atoms in total. The third-order valence-corrected chi connectivity index (χ3v) is 5.22. The van der Waals surface area contributed by atoms with Crippen LogP contribution in [-0.4, -0.2) is 37.4 Å². The predicted molar refractivity (Wildman–Crippen MR) is 105 cm³/mol. The van der Waals surface area contributed by atoms with Crippen LogP contribution in [0.4, 0.5) is 0 Å². The Hall–Kier alpha value is -1.59. The lowest BCUT2D eigenvalue weighted by atomic mass is 9.95. The monoisotopic (exact) mass is 375 g/mol. The lowest BCUT2D eigenvalue weighted by Crippen LogP contribution is -2.36. The first-order valence-corrected chi connectivity index (χ1v) is 10.3. The summed E-state index contributed by atoms with van der Waals surface area (Å²) >= 11 is 0. The predicted octanol–water partition coefficient (Wildman–Crippen LogP) is 3.84. The van der Waals surface area contributed by atoms with Crippen molar-refractivity contribution in [1.82, 2.24) is 5.32 Å². The molecule has 0 aromatic heterocycles. The van der Waals surface area contributed by atoms with Crippen molar-refractivity contribution in [3.05, 3.63) is 29.8 Å². The number of hydrogen-bond donors (Lipinski definition) is 1. The molecule has 0 bridgehead atoms. The molecule has 0 spiro atoms. The quantitative estimate of drug-likeness (QED) is 0.675. The Kier molecular flexibility index (Phi) is 7.53. The zero-order valence-electron chi connectivity index (χ0n) is 16.6. The van der Waals surface area contributed by atoms with Gasteiger partial charge in [0, 0.05) is 13.0 Å². The van der Waals surface area contributed by atoms with Crippen molar-refractivity contribution in [3.8, 4) is 5.75 Å². The Bertz CT molecular complexity index is 594. The van der Waals surface area contributed by atoms with Gasteiger partial charge in [-0.2, -0.15) is 0 Å². The second kappa shape index (κ2) is 10.1. The average Bonchev–Trinajstić information content (AvgIpc) is 3.48. The van der Waals surface area contributed by atoms with E-state index in [1.807, 2.05) is 19.1 Å². The van der Waals surface area contributed by atoms with Gasteiger partial charge in [-0.1, -0.05) is 12.1 Å². The van der Waals surface area contributed by atoms with Crippen molar-refractivity contribution in [1.29, 1.82) is 0 Å². The van der Waals surface area contributed by atoms with Crippen LogP contribution in [0.2, 0.25) is 0 Å². The Morgan fingerprint density at radius 1 is 1.11 bits per heavy atom. The van der Waals surface area contributed by atoms with Crippen LogP contribution in [-0.2, 0) is 20.9 Å². The number of nitrogens with one attached hydrogen (secondary N) is 1. The van der Waals surface area contributed by atoms with Crippen molar-refractivity contribution in [2.45, 2.75) is 77.2 Å². The summed E-state index contributed by atoms with van der Waals surface area (Å²) in [5, 5.41) is 2.85. The Labute approximate surface area is 162 Å². The van der Waals surface area contributed by atoms with Gasteiger partial charge in [-0.25, -0.2) is 0 Å². The number of benzene rings is 1. The second-order valence-corrected chi connectivity index (χ2v) is 8.05. The van der Waals surface area contributed by atoms with Crippen LogP contribution in [0.15, 0.2) is 24.3 Å². The minimum Gasteiger partial charge on any atom is -0.493 e. The standard InChI is InChI=1S/C22H33NO4/c1-16(23-17(2)24)13-25-20-8-10-21(11-9-20)26-15-19-4-3-5-22(12-19)27-14-18-6-7-18/h3-5,12,16,18,20-21H,6-11,13-15H2,1-2H3,(H,23,24)/t16-,20-,21-/m0/s1. The normalized spacial score (nSPS) is 23.6. The molecule has 0 radical (unpaired) electrons. The molecule has 1 aromatic carbocycles. The first kappa shape index (κ1) is 20.2. The Morgan fingerprint density at radius 2 is 1.81 bits per heavy atom. The summed E-state index contributed by atoms with van der Waals surface area (Å²) in [4.78, 5) is 11.0. The maximum absolute atomic E-state index is 11.0. The van der Waals surface area contributed by atoms with E-state index < -0.39 is 0 Å². The lowest BCUT2D eigenvalue weighted by Gasteiger charge is -2.29. The van der Waals surface area contributed by atoms with E-state index in [1.54, 1.807) is 0 Å². The maximum atomic E-state index is 11.0. The summed E-state index contributed by atoms with van der Waals surface area (Å²) in [6, 6.07) is 8.33. The molecule has 3 rings (SSSR count). The van der Waals surface area contributed by atoms with Crippen molar-refractivity contribution in [3.63, 3.8) is 0 Å². The van der Waals surface area contributed by atoms with Crippen LogP contribution in [0.1, 0.15) is 57.9 Å². The van der Waals surface area contributed by atoms with Crippen LogP contribution in [0.5, 0.6) is 5.75 Å². The molecule has 0 heterocycles. The van der Waals surface area contributed by atoms with Crippen molar-refractivity contribution < 1.29 is 19.0 Å². The fourth-order valence-electron chi connectivity index (χ4n) is 3.47. The zero-order valence-corrected chi connectivity index (χ0v) is 16.6. The van der Waals surface area contributed by atoms with Gasteiger partial charge in [0.15, 0.2) is 0 Å². The maximum Gasteiger partial charge on any atom is 0.217 e. The molecule has 0 aliphatic heterocycles. The topological polar surface area (TPSA) is 56.8 Å². The van der Waals surface area contributed by atoms with Crippen molar-refractivity contribution >= 4 is 5.91 Å². The number of amides is 1. The summed E-state index contributed by atoms with van der Waals surface area (Å²) in [6.45, 7) is 5.56. The summed E-state index contributed by atoms with van der Waals surface area (Å²) in [5.41, 5.74) is 1.17. The molecule has 2 fully saturated rings. The van der Waals surface area contributed by atoms with Crippen LogP contribution in [0.3, 0.4) is 0 Å². The first-order valence-electron chi connectivity index (χ1n) is 10.3. The third-order valence-electron chi connectivity index (χ3n) is 5.22. The molecule has 2 aliphatic rings. The molecule has 2 aliphatic carbocycles. The fourth-order valence-corrected chi connectivity index (χ4v) is 3.47. The van der Waals surface area contributed by atoms with Gasteiger partial charge in [-0.3, -0.25) is 4.79 Å². The number of ether oxygens (including phenoxy) is 3. The van der Waals surface area contributed by atoms with Crippen molar-refractivity contribution in [2.75, 3.05) is 13.2 Å². The zero-order chi connectivity index (χ0) is 19.1. The summed E-state index contributed by atoms with van der Waals surface area (Å²) in [7, 11) is 0. The van der Waals surface area contributed by atoms with Gasteiger partial charge < -0.3 is 19.5 Å². The fraction of sp³-hybridized carbons (Fsp3) is 0.682. The van der Waals surface area contributed by atoms with E-state index in [0.717, 1.165) is 44.0 Å². The third kappa shape index (κ3) is 7.51. The Balaban J connectivity index is 1.32. The number of carbonyl (C=O) groups excluding carboxylic acids is 1. The molecule has 2 saturated carbocycles.